The van der Waals surface area contributed by atoms with E-state index in [1.54, 1.807) is 11.3 Å². The Morgan fingerprint density at radius 2 is 2.22 bits per heavy atom. The quantitative estimate of drug-likeness (QED) is 0.709. The molecule has 0 aliphatic carbocycles. The van der Waals surface area contributed by atoms with Crippen LogP contribution in [0.15, 0.2) is 16.8 Å². The maximum atomic E-state index is 11.5. The third-order valence-corrected chi connectivity index (χ3v) is 3.26. The molecule has 1 aromatic rings. The Balaban J connectivity index is 2.25. The molecule has 5 nitrogen and oxygen atoms in total. The predicted octanol–water partition coefficient (Wildman–Crippen LogP) is 2.05. The number of hydrogen-bond donors (Lipinski definition) is 3. The van der Waals surface area contributed by atoms with Gasteiger partial charge >= 0.3 is 12.0 Å². The number of nitrogens with one attached hydrogen (secondary N) is 2. The molecule has 0 aliphatic rings. The van der Waals surface area contributed by atoms with E-state index in [1.807, 2.05) is 23.8 Å². The van der Waals surface area contributed by atoms with Crippen LogP contribution in [-0.4, -0.2) is 23.7 Å². The number of carbonyl (C=O) groups is 2. The van der Waals surface area contributed by atoms with Crippen molar-refractivity contribution in [3.05, 3.63) is 22.4 Å². The van der Waals surface area contributed by atoms with Crippen molar-refractivity contribution in [2.24, 2.45) is 5.92 Å². The standard InChI is InChI=1S/C12H18N2O3S/c1-2-3-10(11(15)16)7-14-12(17)13-6-9-4-5-18-8-9/h4-5,8,10H,2-3,6-7H2,1H3,(H,15,16)(H2,13,14,17). The van der Waals surface area contributed by atoms with Gasteiger partial charge in [-0.05, 0) is 28.8 Å². The molecule has 0 aromatic carbocycles. The molecule has 0 saturated heterocycles. The first-order valence-corrected chi connectivity index (χ1v) is 6.83. The molecule has 0 aliphatic heterocycles. The van der Waals surface area contributed by atoms with Gasteiger partial charge in [0.05, 0.1) is 5.92 Å². The van der Waals surface area contributed by atoms with Gasteiger partial charge in [0, 0.05) is 13.1 Å². The highest BCUT2D eigenvalue weighted by Gasteiger charge is 2.16. The second-order valence-electron chi connectivity index (χ2n) is 4.02. The van der Waals surface area contributed by atoms with Gasteiger partial charge in [-0.15, -0.1) is 0 Å². The van der Waals surface area contributed by atoms with E-state index in [4.69, 9.17) is 5.11 Å². The van der Waals surface area contributed by atoms with Crippen molar-refractivity contribution in [3.8, 4) is 0 Å². The monoisotopic (exact) mass is 270 g/mol. The molecule has 100 valence electrons. The van der Waals surface area contributed by atoms with Gasteiger partial charge in [0.25, 0.3) is 0 Å². The lowest BCUT2D eigenvalue weighted by Gasteiger charge is -2.12. The van der Waals surface area contributed by atoms with Gasteiger partial charge in [-0.3, -0.25) is 4.79 Å². The summed E-state index contributed by atoms with van der Waals surface area (Å²) in [5.74, 6) is -1.38. The van der Waals surface area contributed by atoms with Gasteiger partial charge in [0.1, 0.15) is 0 Å². The SMILES string of the molecule is CCCC(CNC(=O)NCc1ccsc1)C(=O)O. The number of urea groups is 1. The molecule has 6 heteroatoms. The number of rotatable bonds is 7. The van der Waals surface area contributed by atoms with E-state index in [0.717, 1.165) is 12.0 Å². The molecule has 0 fully saturated rings. The maximum Gasteiger partial charge on any atom is 0.315 e. The van der Waals surface area contributed by atoms with Crippen LogP contribution in [0.25, 0.3) is 0 Å². The molecule has 1 rings (SSSR count). The van der Waals surface area contributed by atoms with Gasteiger partial charge < -0.3 is 15.7 Å². The van der Waals surface area contributed by atoms with Crippen LogP contribution in [0.4, 0.5) is 4.79 Å². The minimum absolute atomic E-state index is 0.165. The number of carbonyl (C=O) groups excluding carboxylic acids is 1. The van der Waals surface area contributed by atoms with E-state index >= 15 is 0 Å². The van der Waals surface area contributed by atoms with Crippen molar-refractivity contribution < 1.29 is 14.7 Å². The third-order valence-electron chi connectivity index (χ3n) is 2.53. The van der Waals surface area contributed by atoms with Crippen molar-refractivity contribution >= 4 is 23.3 Å². The van der Waals surface area contributed by atoms with E-state index < -0.39 is 11.9 Å². The zero-order chi connectivity index (χ0) is 13.4. The number of amides is 2. The molecule has 0 bridgehead atoms. The summed E-state index contributed by atoms with van der Waals surface area (Å²) in [5, 5.41) is 18.1. The fourth-order valence-electron chi connectivity index (χ4n) is 1.52. The van der Waals surface area contributed by atoms with Crippen LogP contribution in [0.1, 0.15) is 25.3 Å². The summed E-state index contributed by atoms with van der Waals surface area (Å²) in [6, 6.07) is 1.60. The van der Waals surface area contributed by atoms with Gasteiger partial charge in [-0.1, -0.05) is 13.3 Å². The molecular formula is C12H18N2O3S. The summed E-state index contributed by atoms with van der Waals surface area (Å²) >= 11 is 1.57. The average Bonchev–Trinajstić information content (AvgIpc) is 2.84. The smallest absolute Gasteiger partial charge is 0.315 e. The van der Waals surface area contributed by atoms with Crippen molar-refractivity contribution in [1.82, 2.24) is 10.6 Å². The van der Waals surface area contributed by atoms with Crippen LogP contribution in [0.3, 0.4) is 0 Å². The lowest BCUT2D eigenvalue weighted by molar-refractivity contribution is -0.141. The highest BCUT2D eigenvalue weighted by molar-refractivity contribution is 7.07. The zero-order valence-corrected chi connectivity index (χ0v) is 11.1. The lowest BCUT2D eigenvalue weighted by Crippen LogP contribution is -2.39. The molecule has 0 saturated carbocycles. The third kappa shape index (κ3) is 5.18. The highest BCUT2D eigenvalue weighted by atomic mass is 32.1. The Bertz CT molecular complexity index is 379. The number of carboxylic acid groups (broad SMARTS) is 1. The molecule has 0 spiro atoms. The first-order chi connectivity index (χ1) is 8.63. The first kappa shape index (κ1) is 14.5. The van der Waals surface area contributed by atoms with Crippen molar-refractivity contribution in [2.75, 3.05) is 6.54 Å². The normalized spacial score (nSPS) is 11.8. The van der Waals surface area contributed by atoms with Crippen LogP contribution in [-0.2, 0) is 11.3 Å². The Hall–Kier alpha value is -1.56. The minimum atomic E-state index is -0.866. The van der Waals surface area contributed by atoms with Crippen LogP contribution < -0.4 is 10.6 Å². The average molecular weight is 270 g/mol. The second-order valence-corrected chi connectivity index (χ2v) is 4.80. The van der Waals surface area contributed by atoms with Crippen molar-refractivity contribution in [3.63, 3.8) is 0 Å². The molecule has 1 atom stereocenters. The van der Waals surface area contributed by atoms with E-state index in [9.17, 15) is 9.59 Å². The highest BCUT2D eigenvalue weighted by Crippen LogP contribution is 2.06. The Morgan fingerprint density at radius 3 is 2.78 bits per heavy atom. The first-order valence-electron chi connectivity index (χ1n) is 5.89. The van der Waals surface area contributed by atoms with Gasteiger partial charge in [-0.25, -0.2) is 4.79 Å². The molecule has 1 aromatic heterocycles. The Morgan fingerprint density at radius 1 is 1.44 bits per heavy atom. The second kappa shape index (κ2) is 7.71. The van der Waals surface area contributed by atoms with Gasteiger partial charge in [0.15, 0.2) is 0 Å². The Kier molecular flexibility index (Phi) is 6.21. The Labute approximate surface area is 110 Å². The van der Waals surface area contributed by atoms with Gasteiger partial charge in [0.2, 0.25) is 0 Å². The zero-order valence-electron chi connectivity index (χ0n) is 10.3. The fraction of sp³-hybridized carbons (Fsp3) is 0.500. The molecule has 1 heterocycles. The summed E-state index contributed by atoms with van der Waals surface area (Å²) in [7, 11) is 0. The predicted molar refractivity (Wildman–Crippen MR) is 70.6 cm³/mol. The topological polar surface area (TPSA) is 78.4 Å². The minimum Gasteiger partial charge on any atom is -0.481 e. The number of carboxylic acids is 1. The summed E-state index contributed by atoms with van der Waals surface area (Å²) in [5.41, 5.74) is 1.04. The molecule has 18 heavy (non-hydrogen) atoms. The van der Waals surface area contributed by atoms with Crippen molar-refractivity contribution in [1.29, 1.82) is 0 Å². The largest absolute Gasteiger partial charge is 0.481 e. The van der Waals surface area contributed by atoms with E-state index in [2.05, 4.69) is 10.6 Å². The maximum absolute atomic E-state index is 11.5. The molecule has 0 radical (unpaired) electrons. The number of aliphatic carboxylic acids is 1. The van der Waals surface area contributed by atoms with E-state index in [1.165, 1.54) is 0 Å². The number of hydrogen-bond acceptors (Lipinski definition) is 3. The van der Waals surface area contributed by atoms with Crippen LogP contribution >= 0.6 is 11.3 Å². The lowest BCUT2D eigenvalue weighted by atomic mass is 10.0. The molecule has 1 unspecified atom stereocenters. The summed E-state index contributed by atoms with van der Waals surface area (Å²) in [6.45, 7) is 2.55. The fourth-order valence-corrected chi connectivity index (χ4v) is 2.18. The summed E-state index contributed by atoms with van der Waals surface area (Å²) in [6.07, 6.45) is 1.36. The van der Waals surface area contributed by atoms with E-state index in [0.29, 0.717) is 13.0 Å². The molecule has 3 N–H and O–H groups in total. The van der Waals surface area contributed by atoms with Crippen molar-refractivity contribution in [2.45, 2.75) is 26.3 Å². The van der Waals surface area contributed by atoms with Crippen LogP contribution in [0.2, 0.25) is 0 Å². The molecule has 2 amide bonds. The van der Waals surface area contributed by atoms with Gasteiger partial charge in [-0.2, -0.15) is 11.3 Å². The number of thiophene rings is 1. The molecular weight excluding hydrogens is 252 g/mol. The van der Waals surface area contributed by atoms with Crippen LogP contribution in [0.5, 0.6) is 0 Å². The van der Waals surface area contributed by atoms with E-state index in [-0.39, 0.29) is 12.6 Å². The summed E-state index contributed by atoms with van der Waals surface area (Å²) < 4.78 is 0. The van der Waals surface area contributed by atoms with Crippen LogP contribution in [0, 0.1) is 5.92 Å². The summed E-state index contributed by atoms with van der Waals surface area (Å²) in [4.78, 5) is 22.3.